The summed E-state index contributed by atoms with van der Waals surface area (Å²) in [6.45, 7) is 7.62. The van der Waals surface area contributed by atoms with Crippen LogP contribution in [0.25, 0.3) is 21.7 Å². The summed E-state index contributed by atoms with van der Waals surface area (Å²) in [5.41, 5.74) is 9.02. The molecule has 0 bridgehead atoms. The van der Waals surface area contributed by atoms with Crippen LogP contribution in [0.1, 0.15) is 39.6 Å². The summed E-state index contributed by atoms with van der Waals surface area (Å²) in [5.74, 6) is 0.882. The molecule has 4 aromatic carbocycles. The zero-order valence-electron chi connectivity index (χ0n) is 23.6. The summed E-state index contributed by atoms with van der Waals surface area (Å²) in [5, 5.41) is 3.72. The maximum Gasteiger partial charge on any atom is 0.209 e. The van der Waals surface area contributed by atoms with E-state index in [2.05, 4.69) is 96.5 Å². The third-order valence-electron chi connectivity index (χ3n) is 8.65. The fraction of sp³-hybridized carbons (Fsp3) is 0.286. The van der Waals surface area contributed by atoms with Crippen LogP contribution < -0.4 is 4.74 Å². The number of carbonyl (C=O) groups is 1. The minimum atomic E-state index is 0.167. The minimum absolute atomic E-state index is 0.167. The lowest BCUT2D eigenvalue weighted by Gasteiger charge is -2.41. The molecule has 5 aromatic rings. The van der Waals surface area contributed by atoms with Crippen molar-refractivity contribution in [3.05, 3.63) is 112 Å². The Labute approximate surface area is 236 Å². The van der Waals surface area contributed by atoms with Crippen molar-refractivity contribution in [3.63, 3.8) is 0 Å². The molecular formula is C35H37N3O2. The number of rotatable bonds is 8. The Kier molecular flexibility index (Phi) is 7.31. The highest BCUT2D eigenvalue weighted by atomic mass is 16.5. The van der Waals surface area contributed by atoms with Gasteiger partial charge in [-0.05, 0) is 89.5 Å². The van der Waals surface area contributed by atoms with Gasteiger partial charge in [0.1, 0.15) is 5.75 Å². The van der Waals surface area contributed by atoms with Crippen molar-refractivity contribution in [1.29, 1.82) is 0 Å². The minimum Gasteiger partial charge on any atom is -0.497 e. The van der Waals surface area contributed by atoms with Gasteiger partial charge < -0.3 is 14.6 Å². The second kappa shape index (κ2) is 11.2. The SMILES string of the molecule is COc1ccc2cc(CCN3CCN(C=O)CC3c3ccccc3Cc3ccc4[nH]c(C)c(C)c4c3)ccc2c1. The van der Waals surface area contributed by atoms with Gasteiger partial charge in [0.05, 0.1) is 13.2 Å². The summed E-state index contributed by atoms with van der Waals surface area (Å²) in [6.07, 6.45) is 2.84. The van der Waals surface area contributed by atoms with E-state index in [1.807, 2.05) is 11.0 Å². The number of aryl methyl sites for hydroxylation is 2. The highest BCUT2D eigenvalue weighted by Crippen LogP contribution is 2.31. The molecule has 1 saturated heterocycles. The third kappa shape index (κ3) is 5.22. The van der Waals surface area contributed by atoms with E-state index < -0.39 is 0 Å². The molecule has 1 aliphatic heterocycles. The number of benzene rings is 4. The molecule has 0 spiro atoms. The molecule has 0 aliphatic carbocycles. The van der Waals surface area contributed by atoms with Crippen LogP contribution in [0.4, 0.5) is 0 Å². The molecule has 6 rings (SSSR count). The third-order valence-corrected chi connectivity index (χ3v) is 8.65. The van der Waals surface area contributed by atoms with Crippen molar-refractivity contribution in [1.82, 2.24) is 14.8 Å². The average Bonchev–Trinajstić information content (AvgIpc) is 3.28. The number of carbonyl (C=O) groups excluding carboxylic acids is 1. The number of amides is 1. The number of piperazine rings is 1. The van der Waals surface area contributed by atoms with Gasteiger partial charge in [-0.15, -0.1) is 0 Å². The number of nitrogens with one attached hydrogen (secondary N) is 1. The number of hydrogen-bond donors (Lipinski definition) is 1. The molecule has 1 aliphatic rings. The molecule has 1 aromatic heterocycles. The number of aromatic nitrogens is 1. The Balaban J connectivity index is 1.25. The van der Waals surface area contributed by atoms with Crippen molar-refractivity contribution >= 4 is 28.1 Å². The van der Waals surface area contributed by atoms with E-state index in [9.17, 15) is 4.79 Å². The molecule has 2 heterocycles. The number of aromatic amines is 1. The molecule has 5 nitrogen and oxygen atoms in total. The topological polar surface area (TPSA) is 48.6 Å². The largest absolute Gasteiger partial charge is 0.497 e. The zero-order valence-corrected chi connectivity index (χ0v) is 23.6. The number of ether oxygens (including phenoxy) is 1. The van der Waals surface area contributed by atoms with Crippen molar-refractivity contribution in [2.75, 3.05) is 33.3 Å². The van der Waals surface area contributed by atoms with Gasteiger partial charge in [-0.25, -0.2) is 0 Å². The standard InChI is InChI=1S/C35H37N3O2/c1-24-25(2)36-34-13-9-27(20-33(24)34)19-30-6-4-5-7-32(30)35-22-37(23-39)16-17-38(35)15-14-26-8-10-29-21-31(40-3)12-11-28(29)18-26/h4-13,18,20-21,23,35-36H,14-17,19,22H2,1-3H3. The Morgan fingerprint density at radius 3 is 2.58 bits per heavy atom. The van der Waals surface area contributed by atoms with Gasteiger partial charge in [0, 0.05) is 42.8 Å². The van der Waals surface area contributed by atoms with Crippen molar-refractivity contribution < 1.29 is 9.53 Å². The maximum absolute atomic E-state index is 11.8. The van der Waals surface area contributed by atoms with Crippen LogP contribution in [0.3, 0.4) is 0 Å². The monoisotopic (exact) mass is 531 g/mol. The predicted molar refractivity (Wildman–Crippen MR) is 163 cm³/mol. The van der Waals surface area contributed by atoms with E-state index >= 15 is 0 Å². The highest BCUT2D eigenvalue weighted by molar-refractivity contribution is 5.85. The quantitative estimate of drug-likeness (QED) is 0.230. The lowest BCUT2D eigenvalue weighted by atomic mass is 9.92. The molecule has 1 unspecified atom stereocenters. The molecule has 1 N–H and O–H groups in total. The van der Waals surface area contributed by atoms with Gasteiger partial charge >= 0.3 is 0 Å². The predicted octanol–water partition coefficient (Wildman–Crippen LogP) is 6.60. The van der Waals surface area contributed by atoms with Crippen LogP contribution in [0.15, 0.2) is 78.9 Å². The number of fused-ring (bicyclic) bond motifs is 2. The maximum atomic E-state index is 11.8. The van der Waals surface area contributed by atoms with Crippen molar-refractivity contribution in [2.24, 2.45) is 0 Å². The fourth-order valence-corrected chi connectivity index (χ4v) is 6.19. The van der Waals surface area contributed by atoms with E-state index in [4.69, 9.17) is 4.74 Å². The molecule has 5 heteroatoms. The Morgan fingerprint density at radius 2 is 1.73 bits per heavy atom. The first kappa shape index (κ1) is 26.1. The molecule has 40 heavy (non-hydrogen) atoms. The molecule has 1 fully saturated rings. The van der Waals surface area contributed by atoms with Crippen LogP contribution in [-0.2, 0) is 17.6 Å². The van der Waals surface area contributed by atoms with Crippen LogP contribution in [0, 0.1) is 13.8 Å². The lowest BCUT2D eigenvalue weighted by Crippen LogP contribution is -2.48. The molecule has 1 atom stereocenters. The summed E-state index contributed by atoms with van der Waals surface area (Å²) in [4.78, 5) is 19.8. The van der Waals surface area contributed by atoms with Crippen molar-refractivity contribution in [3.8, 4) is 5.75 Å². The lowest BCUT2D eigenvalue weighted by molar-refractivity contribution is -0.121. The van der Waals surface area contributed by atoms with Crippen LogP contribution in [0.2, 0.25) is 0 Å². The first-order valence-corrected chi connectivity index (χ1v) is 14.2. The van der Waals surface area contributed by atoms with E-state index in [0.29, 0.717) is 6.54 Å². The van der Waals surface area contributed by atoms with Crippen LogP contribution in [0.5, 0.6) is 5.75 Å². The molecular weight excluding hydrogens is 494 g/mol. The molecule has 204 valence electrons. The molecule has 0 saturated carbocycles. The number of hydrogen-bond acceptors (Lipinski definition) is 3. The van der Waals surface area contributed by atoms with Crippen LogP contribution in [-0.4, -0.2) is 54.5 Å². The van der Waals surface area contributed by atoms with Gasteiger partial charge in [0.25, 0.3) is 0 Å². The molecule has 1 amide bonds. The van der Waals surface area contributed by atoms with Crippen LogP contribution >= 0.6 is 0 Å². The average molecular weight is 532 g/mol. The van der Waals surface area contributed by atoms with Gasteiger partial charge in [-0.1, -0.05) is 54.6 Å². The number of methoxy groups -OCH3 is 1. The Morgan fingerprint density at radius 1 is 0.925 bits per heavy atom. The smallest absolute Gasteiger partial charge is 0.209 e. The van der Waals surface area contributed by atoms with Crippen molar-refractivity contribution in [2.45, 2.75) is 32.7 Å². The summed E-state index contributed by atoms with van der Waals surface area (Å²) in [7, 11) is 1.71. The summed E-state index contributed by atoms with van der Waals surface area (Å²) in [6, 6.07) is 28.7. The highest BCUT2D eigenvalue weighted by Gasteiger charge is 2.29. The summed E-state index contributed by atoms with van der Waals surface area (Å²) >= 11 is 0. The van der Waals surface area contributed by atoms with E-state index in [1.54, 1.807) is 7.11 Å². The van der Waals surface area contributed by atoms with Gasteiger partial charge in [0.2, 0.25) is 6.41 Å². The van der Waals surface area contributed by atoms with E-state index in [0.717, 1.165) is 44.6 Å². The summed E-state index contributed by atoms with van der Waals surface area (Å²) < 4.78 is 5.39. The van der Waals surface area contributed by atoms with E-state index in [1.165, 1.54) is 55.2 Å². The zero-order chi connectivity index (χ0) is 27.6. The van der Waals surface area contributed by atoms with E-state index in [-0.39, 0.29) is 6.04 Å². The Bertz CT molecular complexity index is 1670. The number of H-pyrrole nitrogens is 1. The van der Waals surface area contributed by atoms with Gasteiger partial charge in [0.15, 0.2) is 0 Å². The second-order valence-corrected chi connectivity index (χ2v) is 11.1. The fourth-order valence-electron chi connectivity index (χ4n) is 6.19. The first-order valence-electron chi connectivity index (χ1n) is 14.2. The molecule has 0 radical (unpaired) electrons. The van der Waals surface area contributed by atoms with Gasteiger partial charge in [-0.2, -0.15) is 0 Å². The second-order valence-electron chi connectivity index (χ2n) is 11.1. The number of nitrogens with zero attached hydrogens (tertiary/aromatic N) is 2. The van der Waals surface area contributed by atoms with Gasteiger partial charge in [-0.3, -0.25) is 9.69 Å². The normalized spacial score (nSPS) is 16.1. The first-order chi connectivity index (χ1) is 19.5. The Hall–Kier alpha value is -4.09.